The van der Waals surface area contributed by atoms with Crippen LogP contribution < -0.4 is 14.8 Å². The second kappa shape index (κ2) is 7.80. The van der Waals surface area contributed by atoms with Crippen molar-refractivity contribution in [2.24, 2.45) is 0 Å². The molecule has 146 valence electrons. The van der Waals surface area contributed by atoms with E-state index < -0.39 is 0 Å². The number of rotatable bonds is 6. The number of amides is 1. The molecule has 2 heterocycles. The van der Waals surface area contributed by atoms with Crippen LogP contribution >= 0.6 is 11.8 Å². The average molecular weight is 397 g/mol. The Hall–Kier alpha value is -2.60. The summed E-state index contributed by atoms with van der Waals surface area (Å²) < 4.78 is 12.8. The fourth-order valence-electron chi connectivity index (χ4n) is 3.73. The summed E-state index contributed by atoms with van der Waals surface area (Å²) in [6.07, 6.45) is 0.691. The molecule has 1 N–H and O–H groups in total. The van der Waals surface area contributed by atoms with Crippen molar-refractivity contribution in [2.75, 3.05) is 20.8 Å². The molecular formula is C22H24N2O3S. The summed E-state index contributed by atoms with van der Waals surface area (Å²) in [4.78, 5) is 14.1. The molecule has 0 fully saturated rings. The highest BCUT2D eigenvalue weighted by molar-refractivity contribution is 8.00. The summed E-state index contributed by atoms with van der Waals surface area (Å²) in [5.41, 5.74) is 2.95. The molecule has 4 rings (SSSR count). The molecule has 0 spiro atoms. The molecule has 6 heteroatoms. The van der Waals surface area contributed by atoms with E-state index in [4.69, 9.17) is 9.47 Å². The summed E-state index contributed by atoms with van der Waals surface area (Å²) in [5, 5.41) is 4.64. The number of hydrogen-bond donors (Lipinski definition) is 1. The first-order chi connectivity index (χ1) is 13.6. The van der Waals surface area contributed by atoms with E-state index in [0.717, 1.165) is 34.7 Å². The lowest BCUT2D eigenvalue weighted by molar-refractivity contribution is 0.0945. The summed E-state index contributed by atoms with van der Waals surface area (Å²) in [7, 11) is 3.28. The zero-order chi connectivity index (χ0) is 19.7. The van der Waals surface area contributed by atoms with Crippen molar-refractivity contribution in [3.05, 3.63) is 53.7 Å². The summed E-state index contributed by atoms with van der Waals surface area (Å²) in [5.74, 6) is 1.49. The van der Waals surface area contributed by atoms with Gasteiger partial charge in [0.15, 0.2) is 0 Å². The van der Waals surface area contributed by atoms with Gasteiger partial charge in [0.1, 0.15) is 17.2 Å². The first-order valence-corrected chi connectivity index (χ1v) is 10.3. The van der Waals surface area contributed by atoms with Crippen LogP contribution in [0.2, 0.25) is 0 Å². The topological polar surface area (TPSA) is 52.5 Å². The van der Waals surface area contributed by atoms with Crippen LogP contribution in [-0.2, 0) is 13.0 Å². The van der Waals surface area contributed by atoms with E-state index in [0.29, 0.717) is 18.2 Å². The minimum Gasteiger partial charge on any atom is -0.497 e. The van der Waals surface area contributed by atoms with Gasteiger partial charge in [-0.3, -0.25) is 4.79 Å². The van der Waals surface area contributed by atoms with Crippen LogP contribution in [0.5, 0.6) is 11.5 Å². The van der Waals surface area contributed by atoms with Gasteiger partial charge in [-0.1, -0.05) is 25.1 Å². The number of ether oxygens (including phenoxy) is 2. The highest BCUT2D eigenvalue weighted by Crippen LogP contribution is 2.38. The predicted molar refractivity (Wildman–Crippen MR) is 113 cm³/mol. The third-order valence-electron chi connectivity index (χ3n) is 5.06. The maximum Gasteiger partial charge on any atom is 0.267 e. The SMILES string of the molecule is COc1ccc(CCNC(=O)c2cc3cccc4c3n2CC(C)S4)c(OC)c1. The summed E-state index contributed by atoms with van der Waals surface area (Å²) in [6.45, 7) is 3.59. The lowest BCUT2D eigenvalue weighted by Crippen LogP contribution is -2.29. The minimum atomic E-state index is -0.0336. The molecule has 0 radical (unpaired) electrons. The van der Waals surface area contributed by atoms with Gasteiger partial charge in [-0.2, -0.15) is 0 Å². The average Bonchev–Trinajstić information content (AvgIpc) is 3.08. The maximum atomic E-state index is 12.9. The van der Waals surface area contributed by atoms with Crippen molar-refractivity contribution >= 4 is 28.6 Å². The first-order valence-electron chi connectivity index (χ1n) is 9.38. The third-order valence-corrected chi connectivity index (χ3v) is 6.19. The van der Waals surface area contributed by atoms with Gasteiger partial charge in [0.2, 0.25) is 0 Å². The van der Waals surface area contributed by atoms with E-state index in [1.165, 1.54) is 10.4 Å². The van der Waals surface area contributed by atoms with Crippen LogP contribution in [0.15, 0.2) is 47.4 Å². The molecule has 1 amide bonds. The highest BCUT2D eigenvalue weighted by atomic mass is 32.2. The van der Waals surface area contributed by atoms with Gasteiger partial charge in [0, 0.05) is 34.7 Å². The van der Waals surface area contributed by atoms with Gasteiger partial charge in [0.05, 0.1) is 19.7 Å². The Morgan fingerprint density at radius 3 is 2.86 bits per heavy atom. The minimum absolute atomic E-state index is 0.0336. The lowest BCUT2D eigenvalue weighted by atomic mass is 10.1. The van der Waals surface area contributed by atoms with Gasteiger partial charge in [-0.05, 0) is 30.2 Å². The number of carbonyl (C=O) groups is 1. The van der Waals surface area contributed by atoms with Gasteiger partial charge in [0.25, 0.3) is 5.91 Å². The molecule has 1 aliphatic heterocycles. The maximum absolute atomic E-state index is 12.9. The van der Waals surface area contributed by atoms with E-state index >= 15 is 0 Å². The van der Waals surface area contributed by atoms with Crippen LogP contribution in [0.25, 0.3) is 10.9 Å². The molecule has 0 bridgehead atoms. The van der Waals surface area contributed by atoms with Crippen LogP contribution in [0.3, 0.4) is 0 Å². The first kappa shape index (κ1) is 18.7. The number of nitrogens with one attached hydrogen (secondary N) is 1. The molecule has 28 heavy (non-hydrogen) atoms. The Morgan fingerprint density at radius 1 is 1.21 bits per heavy atom. The molecule has 3 aromatic rings. The van der Waals surface area contributed by atoms with Crippen LogP contribution in [0.1, 0.15) is 23.0 Å². The fourth-order valence-corrected chi connectivity index (χ4v) is 4.89. The predicted octanol–water partition coefficient (Wildman–Crippen LogP) is 4.13. The van der Waals surface area contributed by atoms with Crippen molar-refractivity contribution in [3.8, 4) is 11.5 Å². The number of aromatic nitrogens is 1. The number of methoxy groups -OCH3 is 2. The molecule has 1 aromatic heterocycles. The second-order valence-corrected chi connectivity index (χ2v) is 8.43. The number of benzene rings is 2. The van der Waals surface area contributed by atoms with E-state index in [-0.39, 0.29) is 5.91 Å². The number of carbonyl (C=O) groups excluding carboxylic acids is 1. The van der Waals surface area contributed by atoms with E-state index in [9.17, 15) is 4.79 Å². The normalized spacial score (nSPS) is 15.5. The third kappa shape index (κ3) is 3.44. The Labute approximate surface area is 169 Å². The van der Waals surface area contributed by atoms with Gasteiger partial charge in [-0.15, -0.1) is 11.8 Å². The monoisotopic (exact) mass is 396 g/mol. The van der Waals surface area contributed by atoms with Crippen LogP contribution in [-0.4, -0.2) is 36.5 Å². The number of para-hydroxylation sites is 1. The smallest absolute Gasteiger partial charge is 0.267 e. The molecule has 1 aliphatic rings. The zero-order valence-electron chi connectivity index (χ0n) is 16.3. The Morgan fingerprint density at radius 2 is 2.07 bits per heavy atom. The lowest BCUT2D eigenvalue weighted by Gasteiger charge is -2.22. The number of nitrogens with zero attached hydrogens (tertiary/aromatic N) is 1. The van der Waals surface area contributed by atoms with Gasteiger partial charge < -0.3 is 19.4 Å². The van der Waals surface area contributed by atoms with E-state index in [1.807, 2.05) is 36.0 Å². The molecule has 5 nitrogen and oxygen atoms in total. The molecule has 0 saturated carbocycles. The molecule has 1 atom stereocenters. The molecule has 2 aromatic carbocycles. The Bertz CT molecular complexity index is 1030. The molecular weight excluding hydrogens is 372 g/mol. The molecule has 0 aliphatic carbocycles. The Balaban J connectivity index is 1.50. The summed E-state index contributed by atoms with van der Waals surface area (Å²) in [6, 6.07) is 14.0. The highest BCUT2D eigenvalue weighted by Gasteiger charge is 2.23. The van der Waals surface area contributed by atoms with E-state index in [1.54, 1.807) is 14.2 Å². The van der Waals surface area contributed by atoms with Crippen molar-refractivity contribution in [1.82, 2.24) is 9.88 Å². The van der Waals surface area contributed by atoms with Crippen LogP contribution in [0.4, 0.5) is 0 Å². The van der Waals surface area contributed by atoms with Crippen LogP contribution in [0, 0.1) is 0 Å². The van der Waals surface area contributed by atoms with Gasteiger partial charge >= 0.3 is 0 Å². The Kier molecular flexibility index (Phi) is 5.22. The van der Waals surface area contributed by atoms with Crippen molar-refractivity contribution in [3.63, 3.8) is 0 Å². The standard InChI is InChI=1S/C22H24N2O3S/c1-14-13-24-18(11-16-5-4-6-20(28-14)21(16)24)22(25)23-10-9-15-7-8-17(26-2)12-19(15)27-3/h4-8,11-12,14H,9-10,13H2,1-3H3,(H,23,25). The summed E-state index contributed by atoms with van der Waals surface area (Å²) >= 11 is 1.87. The van der Waals surface area contributed by atoms with E-state index in [2.05, 4.69) is 35.0 Å². The van der Waals surface area contributed by atoms with Gasteiger partial charge in [-0.25, -0.2) is 0 Å². The molecule has 1 unspecified atom stereocenters. The zero-order valence-corrected chi connectivity index (χ0v) is 17.1. The number of hydrogen-bond acceptors (Lipinski definition) is 4. The largest absolute Gasteiger partial charge is 0.497 e. The molecule has 0 saturated heterocycles. The number of thioether (sulfide) groups is 1. The second-order valence-electron chi connectivity index (χ2n) is 6.95. The van der Waals surface area contributed by atoms with Crippen molar-refractivity contribution in [2.45, 2.75) is 30.0 Å². The van der Waals surface area contributed by atoms with Crippen molar-refractivity contribution in [1.29, 1.82) is 0 Å². The quantitative estimate of drug-likeness (QED) is 0.681. The fraction of sp³-hybridized carbons (Fsp3) is 0.318. The van der Waals surface area contributed by atoms with Crippen molar-refractivity contribution < 1.29 is 14.3 Å².